The number of nitrogens with one attached hydrogen (secondary N) is 1. The van der Waals surface area contributed by atoms with Crippen molar-refractivity contribution in [3.8, 4) is 5.75 Å². The van der Waals surface area contributed by atoms with Gasteiger partial charge < -0.3 is 16.2 Å². The molecule has 0 spiro atoms. The van der Waals surface area contributed by atoms with Crippen molar-refractivity contribution in [1.29, 1.82) is 0 Å². The Labute approximate surface area is 98.8 Å². The number of nitrogens with two attached hydrogens (primary N) is 1. The van der Waals surface area contributed by atoms with Crippen LogP contribution >= 0.6 is 0 Å². The molecule has 6 heteroatoms. The first-order chi connectivity index (χ1) is 7.83. The SMILES string of the molecule is CC(C)(CC(=O)Nc1ncccc1O)C(N)=O. The van der Waals surface area contributed by atoms with E-state index in [0.29, 0.717) is 0 Å². The number of aromatic nitrogens is 1. The quantitative estimate of drug-likeness (QED) is 0.714. The Bertz CT molecular complexity index is 443. The predicted molar refractivity (Wildman–Crippen MR) is 62.1 cm³/mol. The van der Waals surface area contributed by atoms with Crippen LogP contribution in [0.5, 0.6) is 5.75 Å². The van der Waals surface area contributed by atoms with Crippen LogP contribution in [-0.4, -0.2) is 21.9 Å². The Balaban J connectivity index is 2.69. The molecule has 92 valence electrons. The molecule has 0 aliphatic rings. The molecule has 0 saturated heterocycles. The number of hydrogen-bond acceptors (Lipinski definition) is 4. The van der Waals surface area contributed by atoms with Gasteiger partial charge in [0.1, 0.15) is 0 Å². The minimum atomic E-state index is -0.936. The smallest absolute Gasteiger partial charge is 0.226 e. The maximum absolute atomic E-state index is 11.6. The van der Waals surface area contributed by atoms with Crippen molar-refractivity contribution in [3.05, 3.63) is 18.3 Å². The second kappa shape index (κ2) is 4.82. The van der Waals surface area contributed by atoms with Gasteiger partial charge in [0.05, 0.1) is 5.41 Å². The van der Waals surface area contributed by atoms with E-state index >= 15 is 0 Å². The van der Waals surface area contributed by atoms with Crippen molar-refractivity contribution < 1.29 is 14.7 Å². The molecular formula is C11H15N3O3. The second-order valence-electron chi connectivity index (χ2n) is 4.34. The Morgan fingerprint density at radius 3 is 2.71 bits per heavy atom. The molecule has 1 aromatic heterocycles. The summed E-state index contributed by atoms with van der Waals surface area (Å²) < 4.78 is 0. The van der Waals surface area contributed by atoms with Gasteiger partial charge in [0.2, 0.25) is 11.8 Å². The molecule has 1 aromatic rings. The molecule has 0 aliphatic heterocycles. The Morgan fingerprint density at radius 2 is 2.18 bits per heavy atom. The first-order valence-corrected chi connectivity index (χ1v) is 5.06. The number of carbonyl (C=O) groups is 2. The highest BCUT2D eigenvalue weighted by atomic mass is 16.3. The van der Waals surface area contributed by atoms with Crippen molar-refractivity contribution in [2.75, 3.05) is 5.32 Å². The molecule has 0 radical (unpaired) electrons. The van der Waals surface area contributed by atoms with Crippen LogP contribution in [0.25, 0.3) is 0 Å². The largest absolute Gasteiger partial charge is 0.504 e. The first-order valence-electron chi connectivity index (χ1n) is 5.06. The molecule has 0 aliphatic carbocycles. The van der Waals surface area contributed by atoms with Gasteiger partial charge in [0.15, 0.2) is 11.6 Å². The zero-order valence-corrected chi connectivity index (χ0v) is 9.73. The number of anilines is 1. The molecule has 0 fully saturated rings. The van der Waals surface area contributed by atoms with Gasteiger partial charge in [-0.3, -0.25) is 9.59 Å². The fourth-order valence-corrected chi connectivity index (χ4v) is 1.16. The van der Waals surface area contributed by atoms with Crippen LogP contribution < -0.4 is 11.1 Å². The third-order valence-electron chi connectivity index (χ3n) is 2.31. The van der Waals surface area contributed by atoms with Crippen LogP contribution in [0.3, 0.4) is 0 Å². The molecule has 0 bridgehead atoms. The molecule has 2 amide bonds. The normalized spacial score (nSPS) is 10.9. The molecule has 4 N–H and O–H groups in total. The van der Waals surface area contributed by atoms with Gasteiger partial charge in [-0.2, -0.15) is 0 Å². The van der Waals surface area contributed by atoms with Crippen molar-refractivity contribution in [1.82, 2.24) is 4.98 Å². The van der Waals surface area contributed by atoms with Gasteiger partial charge in [-0.05, 0) is 12.1 Å². The van der Waals surface area contributed by atoms with Crippen molar-refractivity contribution in [2.24, 2.45) is 11.1 Å². The molecule has 0 saturated carbocycles. The van der Waals surface area contributed by atoms with Crippen LogP contribution in [0.2, 0.25) is 0 Å². The summed E-state index contributed by atoms with van der Waals surface area (Å²) in [7, 11) is 0. The maximum atomic E-state index is 11.6. The highest BCUT2D eigenvalue weighted by molar-refractivity contribution is 5.95. The van der Waals surface area contributed by atoms with E-state index < -0.39 is 17.2 Å². The summed E-state index contributed by atoms with van der Waals surface area (Å²) in [5.41, 5.74) is 4.22. The Morgan fingerprint density at radius 1 is 1.53 bits per heavy atom. The summed E-state index contributed by atoms with van der Waals surface area (Å²) in [4.78, 5) is 26.5. The van der Waals surface area contributed by atoms with E-state index in [1.54, 1.807) is 19.9 Å². The molecule has 0 aromatic carbocycles. The number of primary amides is 1. The Hall–Kier alpha value is -2.11. The minimum absolute atomic E-state index is 0.0674. The standard InChI is InChI=1S/C11H15N3O3/c1-11(2,10(12)17)6-8(16)14-9-7(15)4-3-5-13-9/h3-5,15H,6H2,1-2H3,(H2,12,17)(H,13,14,16). The van der Waals surface area contributed by atoms with E-state index in [2.05, 4.69) is 10.3 Å². The van der Waals surface area contributed by atoms with Gasteiger partial charge in [0.25, 0.3) is 0 Å². The van der Waals surface area contributed by atoms with Crippen LogP contribution in [0.4, 0.5) is 5.82 Å². The first kappa shape index (κ1) is 13.0. The van der Waals surface area contributed by atoms with E-state index in [4.69, 9.17) is 5.73 Å². The Kier molecular flexibility index (Phi) is 3.67. The summed E-state index contributed by atoms with van der Waals surface area (Å²) >= 11 is 0. The average molecular weight is 237 g/mol. The molecule has 1 heterocycles. The number of aromatic hydroxyl groups is 1. The second-order valence-corrected chi connectivity index (χ2v) is 4.34. The number of carbonyl (C=O) groups excluding carboxylic acids is 2. The van der Waals surface area contributed by atoms with Gasteiger partial charge in [-0.25, -0.2) is 4.98 Å². The van der Waals surface area contributed by atoms with Crippen LogP contribution in [0, 0.1) is 5.41 Å². The number of nitrogens with zero attached hydrogens (tertiary/aromatic N) is 1. The zero-order chi connectivity index (χ0) is 13.1. The minimum Gasteiger partial charge on any atom is -0.504 e. The van der Waals surface area contributed by atoms with Crippen LogP contribution in [0.15, 0.2) is 18.3 Å². The fraction of sp³-hybridized carbons (Fsp3) is 0.364. The number of rotatable bonds is 4. The highest BCUT2D eigenvalue weighted by Gasteiger charge is 2.28. The van der Waals surface area contributed by atoms with Gasteiger partial charge >= 0.3 is 0 Å². The lowest BCUT2D eigenvalue weighted by Crippen LogP contribution is -2.35. The van der Waals surface area contributed by atoms with Crippen LogP contribution in [0.1, 0.15) is 20.3 Å². The summed E-state index contributed by atoms with van der Waals surface area (Å²) in [6.07, 6.45) is 1.37. The van der Waals surface area contributed by atoms with E-state index in [-0.39, 0.29) is 18.0 Å². The van der Waals surface area contributed by atoms with E-state index in [1.165, 1.54) is 12.3 Å². The third-order valence-corrected chi connectivity index (χ3v) is 2.31. The predicted octanol–water partition coefficient (Wildman–Crippen LogP) is 0.627. The number of hydrogen-bond donors (Lipinski definition) is 3. The van der Waals surface area contributed by atoms with Gasteiger partial charge in [0, 0.05) is 12.6 Å². The van der Waals surface area contributed by atoms with Gasteiger partial charge in [-0.1, -0.05) is 13.8 Å². The summed E-state index contributed by atoms with van der Waals surface area (Å²) in [6.45, 7) is 3.15. The fourth-order valence-electron chi connectivity index (χ4n) is 1.16. The summed E-state index contributed by atoms with van der Waals surface area (Å²) in [5.74, 6) is -1.05. The highest BCUT2D eigenvalue weighted by Crippen LogP contribution is 2.22. The number of amides is 2. The van der Waals surface area contributed by atoms with Crippen molar-refractivity contribution >= 4 is 17.6 Å². The van der Waals surface area contributed by atoms with Gasteiger partial charge in [-0.15, -0.1) is 0 Å². The van der Waals surface area contributed by atoms with E-state index in [1.807, 2.05) is 0 Å². The lowest BCUT2D eigenvalue weighted by Gasteiger charge is -2.19. The molecular weight excluding hydrogens is 222 g/mol. The zero-order valence-electron chi connectivity index (χ0n) is 9.73. The molecule has 17 heavy (non-hydrogen) atoms. The van der Waals surface area contributed by atoms with E-state index in [0.717, 1.165) is 0 Å². The lowest BCUT2D eigenvalue weighted by atomic mass is 9.88. The summed E-state index contributed by atoms with van der Waals surface area (Å²) in [5, 5.41) is 11.8. The number of pyridine rings is 1. The molecule has 0 unspecified atom stereocenters. The molecule has 6 nitrogen and oxygen atoms in total. The van der Waals surface area contributed by atoms with Crippen molar-refractivity contribution in [2.45, 2.75) is 20.3 Å². The summed E-state index contributed by atoms with van der Waals surface area (Å²) in [6, 6.07) is 2.94. The average Bonchev–Trinajstić information content (AvgIpc) is 2.20. The third kappa shape index (κ3) is 3.44. The van der Waals surface area contributed by atoms with E-state index in [9.17, 15) is 14.7 Å². The van der Waals surface area contributed by atoms with Crippen molar-refractivity contribution in [3.63, 3.8) is 0 Å². The van der Waals surface area contributed by atoms with Crippen LogP contribution in [-0.2, 0) is 9.59 Å². The molecule has 0 atom stereocenters. The molecule has 1 rings (SSSR count). The topological polar surface area (TPSA) is 105 Å². The monoisotopic (exact) mass is 237 g/mol. The lowest BCUT2D eigenvalue weighted by molar-refractivity contribution is -0.130. The maximum Gasteiger partial charge on any atom is 0.226 e.